The lowest BCUT2D eigenvalue weighted by molar-refractivity contribution is -0.151. The number of piperidine rings is 1. The summed E-state index contributed by atoms with van der Waals surface area (Å²) in [4.78, 5) is 36.0. The van der Waals surface area contributed by atoms with Crippen molar-refractivity contribution >= 4 is 17.8 Å². The topological polar surface area (TPSA) is 99.9 Å². The quantitative estimate of drug-likeness (QED) is 0.835. The maximum atomic E-state index is 12.0. The number of aliphatic carboxylic acids is 1. The van der Waals surface area contributed by atoms with Crippen molar-refractivity contribution in [2.75, 3.05) is 13.1 Å². The van der Waals surface area contributed by atoms with Crippen molar-refractivity contribution in [1.82, 2.24) is 10.2 Å². The molecule has 7 nitrogen and oxygen atoms in total. The van der Waals surface area contributed by atoms with Gasteiger partial charge in [0, 0.05) is 6.54 Å². The van der Waals surface area contributed by atoms with E-state index in [9.17, 15) is 14.4 Å². The molecule has 0 radical (unpaired) electrons. The molecule has 0 saturated carbocycles. The van der Waals surface area contributed by atoms with Crippen LogP contribution in [0, 0.1) is 0 Å². The zero-order valence-electron chi connectivity index (χ0n) is 10.9. The van der Waals surface area contributed by atoms with Gasteiger partial charge in [-0.25, -0.2) is 4.79 Å². The fraction of sp³-hybridized carbons (Fsp3) is 0.462. The van der Waals surface area contributed by atoms with E-state index in [1.807, 2.05) is 0 Å². The number of hydrogen-bond acceptors (Lipinski definition) is 4. The van der Waals surface area contributed by atoms with Gasteiger partial charge < -0.3 is 19.7 Å². The summed E-state index contributed by atoms with van der Waals surface area (Å²) in [6.45, 7) is 0.176. The molecule has 20 heavy (non-hydrogen) atoms. The third-order valence-electron chi connectivity index (χ3n) is 3.25. The second kappa shape index (κ2) is 6.23. The van der Waals surface area contributed by atoms with E-state index in [1.54, 1.807) is 6.07 Å². The fourth-order valence-electron chi connectivity index (χ4n) is 2.24. The van der Waals surface area contributed by atoms with Crippen molar-refractivity contribution < 1.29 is 23.9 Å². The summed E-state index contributed by atoms with van der Waals surface area (Å²) in [6.07, 6.45) is 3.39. The van der Waals surface area contributed by atoms with E-state index in [4.69, 9.17) is 9.52 Å². The second-order valence-electron chi connectivity index (χ2n) is 4.60. The highest BCUT2D eigenvalue weighted by atomic mass is 16.4. The zero-order chi connectivity index (χ0) is 14.5. The smallest absolute Gasteiger partial charge is 0.326 e. The van der Waals surface area contributed by atoms with Crippen LogP contribution in [-0.2, 0) is 9.59 Å². The van der Waals surface area contributed by atoms with Crippen LogP contribution >= 0.6 is 0 Å². The lowest BCUT2D eigenvalue weighted by Gasteiger charge is -2.32. The third kappa shape index (κ3) is 3.17. The van der Waals surface area contributed by atoms with Crippen LogP contribution in [-0.4, -0.2) is 46.9 Å². The van der Waals surface area contributed by atoms with Gasteiger partial charge in [-0.3, -0.25) is 9.59 Å². The van der Waals surface area contributed by atoms with Gasteiger partial charge in [-0.1, -0.05) is 0 Å². The van der Waals surface area contributed by atoms with Crippen LogP contribution in [0.3, 0.4) is 0 Å². The van der Waals surface area contributed by atoms with Crippen LogP contribution in [0.1, 0.15) is 29.8 Å². The SMILES string of the molecule is O=C(NCC(=O)N1CCCCC1C(=O)O)c1ccco1. The summed E-state index contributed by atoms with van der Waals surface area (Å²) in [7, 11) is 0. The van der Waals surface area contributed by atoms with Crippen LogP contribution < -0.4 is 5.32 Å². The van der Waals surface area contributed by atoms with E-state index in [0.29, 0.717) is 13.0 Å². The molecule has 2 N–H and O–H groups in total. The Hall–Kier alpha value is -2.31. The number of likely N-dealkylation sites (tertiary alicyclic amines) is 1. The first-order valence-electron chi connectivity index (χ1n) is 6.43. The predicted octanol–water partition coefficient (Wildman–Crippen LogP) is 0.475. The van der Waals surface area contributed by atoms with Crippen LogP contribution in [0.25, 0.3) is 0 Å². The summed E-state index contributed by atoms with van der Waals surface area (Å²) in [5.74, 6) is -1.77. The minimum Gasteiger partial charge on any atom is -0.480 e. The van der Waals surface area contributed by atoms with Gasteiger partial charge in [0.2, 0.25) is 5.91 Å². The van der Waals surface area contributed by atoms with Crippen LogP contribution in [0.5, 0.6) is 0 Å². The molecule has 2 heterocycles. The van der Waals surface area contributed by atoms with Crippen LogP contribution in [0.4, 0.5) is 0 Å². The summed E-state index contributed by atoms with van der Waals surface area (Å²) in [5, 5.41) is 11.5. The minimum atomic E-state index is -1.00. The van der Waals surface area contributed by atoms with Crippen molar-refractivity contribution in [3.63, 3.8) is 0 Å². The first-order chi connectivity index (χ1) is 9.59. The summed E-state index contributed by atoms with van der Waals surface area (Å²) < 4.78 is 4.90. The monoisotopic (exact) mass is 280 g/mol. The zero-order valence-corrected chi connectivity index (χ0v) is 10.9. The van der Waals surface area contributed by atoms with E-state index < -0.39 is 23.8 Å². The fourth-order valence-corrected chi connectivity index (χ4v) is 2.24. The average Bonchev–Trinajstić information content (AvgIpc) is 2.98. The van der Waals surface area contributed by atoms with E-state index in [1.165, 1.54) is 17.2 Å². The van der Waals surface area contributed by atoms with Gasteiger partial charge in [0.05, 0.1) is 12.8 Å². The molecule has 1 atom stereocenters. The molecule has 2 rings (SSSR count). The number of nitrogens with zero attached hydrogens (tertiary/aromatic N) is 1. The maximum absolute atomic E-state index is 12.0. The number of carboxylic acids is 1. The van der Waals surface area contributed by atoms with Gasteiger partial charge in [-0.15, -0.1) is 0 Å². The lowest BCUT2D eigenvalue weighted by atomic mass is 10.0. The highest BCUT2D eigenvalue weighted by Gasteiger charge is 2.31. The van der Waals surface area contributed by atoms with Gasteiger partial charge in [0.15, 0.2) is 5.76 Å². The summed E-state index contributed by atoms with van der Waals surface area (Å²) in [6, 6.07) is 2.26. The first-order valence-corrected chi connectivity index (χ1v) is 6.43. The highest BCUT2D eigenvalue weighted by molar-refractivity contribution is 5.94. The van der Waals surface area contributed by atoms with Gasteiger partial charge >= 0.3 is 5.97 Å². The number of nitrogens with one attached hydrogen (secondary N) is 1. The van der Waals surface area contributed by atoms with Crippen molar-refractivity contribution in [3.05, 3.63) is 24.2 Å². The Morgan fingerprint density at radius 2 is 2.20 bits per heavy atom. The van der Waals surface area contributed by atoms with Gasteiger partial charge in [0.1, 0.15) is 6.04 Å². The maximum Gasteiger partial charge on any atom is 0.326 e. The number of carboxylic acid groups (broad SMARTS) is 1. The van der Waals surface area contributed by atoms with Gasteiger partial charge in [-0.05, 0) is 31.4 Å². The summed E-state index contributed by atoms with van der Waals surface area (Å²) in [5.41, 5.74) is 0. The van der Waals surface area contributed by atoms with Gasteiger partial charge in [-0.2, -0.15) is 0 Å². The molecule has 1 aliphatic heterocycles. The molecule has 0 spiro atoms. The van der Waals surface area contributed by atoms with Crippen LogP contribution in [0.15, 0.2) is 22.8 Å². The molecular formula is C13H16N2O5. The molecule has 1 aromatic heterocycles. The normalized spacial score (nSPS) is 18.6. The van der Waals surface area contributed by atoms with Gasteiger partial charge in [0.25, 0.3) is 5.91 Å². The van der Waals surface area contributed by atoms with E-state index >= 15 is 0 Å². The first kappa shape index (κ1) is 14.1. The predicted molar refractivity (Wildman–Crippen MR) is 68.0 cm³/mol. The molecular weight excluding hydrogens is 264 g/mol. The van der Waals surface area contributed by atoms with Crippen molar-refractivity contribution in [3.8, 4) is 0 Å². The molecule has 0 bridgehead atoms. The number of hydrogen-bond donors (Lipinski definition) is 2. The largest absolute Gasteiger partial charge is 0.480 e. The van der Waals surface area contributed by atoms with E-state index in [0.717, 1.165) is 12.8 Å². The number of carbonyl (C=O) groups excluding carboxylic acids is 2. The van der Waals surface area contributed by atoms with Crippen LogP contribution in [0.2, 0.25) is 0 Å². The Bertz CT molecular complexity index is 497. The van der Waals surface area contributed by atoms with E-state index in [-0.39, 0.29) is 12.3 Å². The Kier molecular flexibility index (Phi) is 4.39. The second-order valence-corrected chi connectivity index (χ2v) is 4.60. The molecule has 0 aromatic carbocycles. The number of furan rings is 1. The average molecular weight is 280 g/mol. The summed E-state index contributed by atoms with van der Waals surface area (Å²) >= 11 is 0. The van der Waals surface area contributed by atoms with Crippen molar-refractivity contribution in [1.29, 1.82) is 0 Å². The molecule has 2 amide bonds. The number of carbonyl (C=O) groups is 3. The Labute approximate surface area is 115 Å². The Balaban J connectivity index is 1.90. The highest BCUT2D eigenvalue weighted by Crippen LogP contribution is 2.17. The number of rotatable bonds is 4. The molecule has 1 fully saturated rings. The molecule has 1 aromatic rings. The molecule has 1 aliphatic rings. The number of amides is 2. The van der Waals surface area contributed by atoms with Crippen molar-refractivity contribution in [2.24, 2.45) is 0 Å². The third-order valence-corrected chi connectivity index (χ3v) is 3.25. The molecule has 1 saturated heterocycles. The molecule has 108 valence electrons. The minimum absolute atomic E-state index is 0.117. The Morgan fingerprint density at radius 3 is 2.85 bits per heavy atom. The standard InChI is InChI=1S/C13H16N2O5/c16-11(8-14-12(17)10-5-3-7-20-10)15-6-2-1-4-9(15)13(18)19/h3,5,7,9H,1-2,4,6,8H2,(H,14,17)(H,18,19). The van der Waals surface area contributed by atoms with Crippen molar-refractivity contribution in [2.45, 2.75) is 25.3 Å². The molecule has 0 aliphatic carbocycles. The lowest BCUT2D eigenvalue weighted by Crippen LogP contribution is -2.51. The van der Waals surface area contributed by atoms with E-state index in [2.05, 4.69) is 5.32 Å². The molecule has 1 unspecified atom stereocenters. The Morgan fingerprint density at radius 1 is 1.40 bits per heavy atom. The molecule has 7 heteroatoms.